The topological polar surface area (TPSA) is 49.4 Å². The first-order valence-electron chi connectivity index (χ1n) is 7.01. The number of halogens is 1. The first-order valence-corrected chi connectivity index (χ1v) is 8.62. The van der Waals surface area contributed by atoms with Gasteiger partial charge in [0.25, 0.3) is 0 Å². The van der Waals surface area contributed by atoms with Gasteiger partial charge in [0, 0.05) is 24.8 Å². The summed E-state index contributed by atoms with van der Waals surface area (Å²) in [4.78, 5) is 0. The summed E-state index contributed by atoms with van der Waals surface area (Å²) in [6.07, 6.45) is 2.21. The number of sulfonamides is 1. The van der Waals surface area contributed by atoms with E-state index in [-0.39, 0.29) is 17.6 Å². The molecule has 1 aliphatic rings. The van der Waals surface area contributed by atoms with Crippen LogP contribution in [0.15, 0.2) is 24.3 Å². The van der Waals surface area contributed by atoms with Crippen LogP contribution in [0.4, 0.5) is 10.1 Å². The lowest BCUT2D eigenvalue weighted by Gasteiger charge is -2.32. The van der Waals surface area contributed by atoms with Gasteiger partial charge < -0.3 is 5.32 Å². The molecule has 0 spiro atoms. The number of anilines is 1. The van der Waals surface area contributed by atoms with Gasteiger partial charge in [-0.25, -0.2) is 17.1 Å². The molecule has 20 heavy (non-hydrogen) atoms. The summed E-state index contributed by atoms with van der Waals surface area (Å²) in [6.45, 7) is 2.99. The molecule has 0 unspecified atom stereocenters. The third kappa shape index (κ3) is 3.93. The summed E-state index contributed by atoms with van der Waals surface area (Å²) in [7, 11) is -3.08. The van der Waals surface area contributed by atoms with Crippen molar-refractivity contribution in [2.45, 2.75) is 32.2 Å². The number of nitrogens with one attached hydrogen (secondary N) is 1. The van der Waals surface area contributed by atoms with Crippen LogP contribution in [0.1, 0.15) is 26.2 Å². The van der Waals surface area contributed by atoms with Gasteiger partial charge >= 0.3 is 0 Å². The Morgan fingerprint density at radius 3 is 2.40 bits per heavy atom. The molecule has 0 radical (unpaired) electrons. The number of hydrogen-bond donors (Lipinski definition) is 1. The highest BCUT2D eigenvalue weighted by Crippen LogP contribution is 2.19. The molecule has 1 fully saturated rings. The van der Waals surface area contributed by atoms with Gasteiger partial charge in [0.1, 0.15) is 5.82 Å². The van der Waals surface area contributed by atoms with Crippen molar-refractivity contribution >= 4 is 15.7 Å². The summed E-state index contributed by atoms with van der Waals surface area (Å²) < 4.78 is 38.3. The average molecular weight is 300 g/mol. The Bertz CT molecular complexity index is 523. The minimum absolute atomic E-state index is 0.225. The lowest BCUT2D eigenvalue weighted by molar-refractivity contribution is 0.329. The molecule has 2 rings (SSSR count). The van der Waals surface area contributed by atoms with Gasteiger partial charge in [-0.15, -0.1) is 0 Å². The zero-order valence-corrected chi connectivity index (χ0v) is 12.5. The van der Waals surface area contributed by atoms with Crippen molar-refractivity contribution < 1.29 is 12.8 Å². The minimum Gasteiger partial charge on any atom is -0.382 e. The maximum Gasteiger partial charge on any atom is 0.214 e. The Morgan fingerprint density at radius 1 is 1.25 bits per heavy atom. The van der Waals surface area contributed by atoms with E-state index in [1.807, 2.05) is 6.92 Å². The monoisotopic (exact) mass is 300 g/mol. The molecule has 0 saturated carbocycles. The Hall–Kier alpha value is -1.14. The second kappa shape index (κ2) is 6.54. The van der Waals surface area contributed by atoms with Crippen LogP contribution in [0, 0.1) is 5.82 Å². The average Bonchev–Trinajstić information content (AvgIpc) is 2.42. The van der Waals surface area contributed by atoms with Crippen molar-refractivity contribution in [3.8, 4) is 0 Å². The molecule has 1 aromatic rings. The maximum absolute atomic E-state index is 12.8. The van der Waals surface area contributed by atoms with Crippen LogP contribution in [-0.2, 0) is 10.0 Å². The first kappa shape index (κ1) is 15.3. The SMILES string of the molecule is CCCS(=O)(=O)N1CCC(Nc2ccc(F)cc2)CC1. The third-order valence-electron chi connectivity index (χ3n) is 3.52. The van der Waals surface area contributed by atoms with Gasteiger partial charge in [-0.05, 0) is 43.5 Å². The molecular formula is C14H21FN2O2S. The lowest BCUT2D eigenvalue weighted by Crippen LogP contribution is -2.43. The molecule has 1 heterocycles. The summed E-state index contributed by atoms with van der Waals surface area (Å²) >= 11 is 0. The quantitative estimate of drug-likeness (QED) is 0.908. The molecular weight excluding hydrogens is 279 g/mol. The fourth-order valence-corrected chi connectivity index (χ4v) is 3.99. The smallest absolute Gasteiger partial charge is 0.214 e. The highest BCUT2D eigenvalue weighted by molar-refractivity contribution is 7.89. The largest absolute Gasteiger partial charge is 0.382 e. The Labute approximate surface area is 120 Å². The molecule has 0 atom stereocenters. The molecule has 0 aromatic heterocycles. The number of benzene rings is 1. The number of hydrogen-bond acceptors (Lipinski definition) is 3. The summed E-state index contributed by atoms with van der Waals surface area (Å²) in [5.41, 5.74) is 0.876. The molecule has 4 nitrogen and oxygen atoms in total. The fraction of sp³-hybridized carbons (Fsp3) is 0.571. The highest BCUT2D eigenvalue weighted by atomic mass is 32.2. The molecule has 0 amide bonds. The first-order chi connectivity index (χ1) is 9.51. The van der Waals surface area contributed by atoms with E-state index in [9.17, 15) is 12.8 Å². The van der Waals surface area contributed by atoms with Crippen molar-refractivity contribution in [2.75, 3.05) is 24.2 Å². The van der Waals surface area contributed by atoms with E-state index in [0.29, 0.717) is 19.5 Å². The Kier molecular flexibility index (Phi) is 4.99. The third-order valence-corrected chi connectivity index (χ3v) is 5.60. The molecule has 112 valence electrons. The van der Waals surface area contributed by atoms with E-state index in [0.717, 1.165) is 18.5 Å². The van der Waals surface area contributed by atoms with Gasteiger partial charge in [0.2, 0.25) is 10.0 Å². The molecule has 0 bridgehead atoms. The van der Waals surface area contributed by atoms with E-state index in [2.05, 4.69) is 5.32 Å². The van der Waals surface area contributed by atoms with E-state index < -0.39 is 10.0 Å². The molecule has 6 heteroatoms. The zero-order chi connectivity index (χ0) is 14.6. The lowest BCUT2D eigenvalue weighted by atomic mass is 10.1. The highest BCUT2D eigenvalue weighted by Gasteiger charge is 2.27. The van der Waals surface area contributed by atoms with Crippen LogP contribution >= 0.6 is 0 Å². The standard InChI is InChI=1S/C14H21FN2O2S/c1-2-11-20(18,19)17-9-7-14(8-10-17)16-13-5-3-12(15)4-6-13/h3-6,14,16H,2,7-11H2,1H3. The van der Waals surface area contributed by atoms with Gasteiger partial charge in [0.15, 0.2) is 0 Å². The van der Waals surface area contributed by atoms with Crippen molar-refractivity contribution in [3.05, 3.63) is 30.1 Å². The van der Waals surface area contributed by atoms with Crippen LogP contribution in [0.25, 0.3) is 0 Å². The van der Waals surface area contributed by atoms with Crippen LogP contribution in [0.5, 0.6) is 0 Å². The number of rotatable bonds is 5. The van der Waals surface area contributed by atoms with Gasteiger partial charge in [-0.2, -0.15) is 0 Å². The summed E-state index contributed by atoms with van der Waals surface area (Å²) in [5.74, 6) is -0.0284. The zero-order valence-electron chi connectivity index (χ0n) is 11.7. The van der Waals surface area contributed by atoms with Crippen molar-refractivity contribution in [1.82, 2.24) is 4.31 Å². The predicted molar refractivity (Wildman–Crippen MR) is 78.7 cm³/mol. The van der Waals surface area contributed by atoms with E-state index >= 15 is 0 Å². The van der Waals surface area contributed by atoms with E-state index in [1.54, 1.807) is 16.4 Å². The minimum atomic E-state index is -3.08. The van der Waals surface area contributed by atoms with Gasteiger partial charge in [0.05, 0.1) is 5.75 Å². The second-order valence-electron chi connectivity index (χ2n) is 5.14. The van der Waals surface area contributed by atoms with Gasteiger partial charge in [-0.1, -0.05) is 6.92 Å². The summed E-state index contributed by atoms with van der Waals surface area (Å²) in [6, 6.07) is 6.49. The second-order valence-corrected chi connectivity index (χ2v) is 7.23. The van der Waals surface area contributed by atoms with Crippen LogP contribution in [-0.4, -0.2) is 37.6 Å². The van der Waals surface area contributed by atoms with Crippen molar-refractivity contribution in [3.63, 3.8) is 0 Å². The molecule has 1 aromatic carbocycles. The summed E-state index contributed by atoms with van der Waals surface area (Å²) in [5, 5.41) is 3.32. The Balaban J connectivity index is 1.87. The van der Waals surface area contributed by atoms with Gasteiger partial charge in [-0.3, -0.25) is 0 Å². The molecule has 1 N–H and O–H groups in total. The normalized spacial score (nSPS) is 18.1. The predicted octanol–water partition coefficient (Wildman–Crippen LogP) is 2.44. The van der Waals surface area contributed by atoms with Crippen LogP contribution in [0.2, 0.25) is 0 Å². The van der Waals surface area contributed by atoms with Crippen molar-refractivity contribution in [1.29, 1.82) is 0 Å². The number of nitrogens with zero attached hydrogens (tertiary/aromatic N) is 1. The maximum atomic E-state index is 12.8. The molecule has 1 aliphatic heterocycles. The van der Waals surface area contributed by atoms with Crippen LogP contribution in [0.3, 0.4) is 0 Å². The molecule has 1 saturated heterocycles. The number of piperidine rings is 1. The van der Waals surface area contributed by atoms with E-state index in [1.165, 1.54) is 12.1 Å². The fourth-order valence-electron chi connectivity index (χ4n) is 2.45. The van der Waals surface area contributed by atoms with E-state index in [4.69, 9.17) is 0 Å². The van der Waals surface area contributed by atoms with Crippen molar-refractivity contribution in [2.24, 2.45) is 0 Å². The molecule has 0 aliphatic carbocycles. The van der Waals surface area contributed by atoms with Crippen LogP contribution < -0.4 is 5.32 Å². The Morgan fingerprint density at radius 2 is 1.85 bits per heavy atom.